The van der Waals surface area contributed by atoms with E-state index in [2.05, 4.69) is 0 Å². The molecular weight excluding hydrogens is 372 g/mol. The molecule has 166 valence electrons. The van der Waals surface area contributed by atoms with Crippen molar-refractivity contribution < 1.29 is 43.1 Å². The fourth-order valence-electron chi connectivity index (χ4n) is 1.69. The van der Waals surface area contributed by atoms with Crippen molar-refractivity contribution in [1.82, 2.24) is 0 Å². The van der Waals surface area contributed by atoms with Crippen molar-refractivity contribution >= 4 is 5.97 Å². The van der Waals surface area contributed by atoms with Gasteiger partial charge >= 0.3 is 5.97 Å². The van der Waals surface area contributed by atoms with E-state index in [0.29, 0.717) is 84.9 Å². The molecule has 9 heteroatoms. The van der Waals surface area contributed by atoms with E-state index in [-0.39, 0.29) is 19.2 Å². The lowest BCUT2D eigenvalue weighted by Gasteiger charge is -2.08. The first-order valence-electron chi connectivity index (χ1n) is 9.59. The number of carbonyl (C=O) groups is 1. The van der Waals surface area contributed by atoms with Crippen molar-refractivity contribution in [3.63, 3.8) is 0 Å². The van der Waals surface area contributed by atoms with E-state index < -0.39 is 0 Å². The highest BCUT2D eigenvalue weighted by Crippen LogP contribution is 1.95. The number of rotatable bonds is 21. The lowest BCUT2D eigenvalue weighted by molar-refractivity contribution is -0.140. The lowest BCUT2D eigenvalue weighted by atomic mass is 10.3. The first-order chi connectivity index (χ1) is 13.7. The van der Waals surface area contributed by atoms with Gasteiger partial charge in [-0.05, 0) is 13.8 Å². The van der Waals surface area contributed by atoms with Gasteiger partial charge in [-0.1, -0.05) is 6.08 Å². The van der Waals surface area contributed by atoms with E-state index in [1.807, 2.05) is 0 Å². The van der Waals surface area contributed by atoms with Gasteiger partial charge in [-0.3, -0.25) is 0 Å². The van der Waals surface area contributed by atoms with Crippen molar-refractivity contribution in [2.24, 2.45) is 0 Å². The van der Waals surface area contributed by atoms with E-state index in [1.54, 1.807) is 19.9 Å². The van der Waals surface area contributed by atoms with Crippen LogP contribution < -0.4 is 0 Å². The topological polar surface area (TPSA) is 102 Å². The molecule has 9 nitrogen and oxygen atoms in total. The van der Waals surface area contributed by atoms with Gasteiger partial charge in [0.15, 0.2) is 0 Å². The van der Waals surface area contributed by atoms with Crippen LogP contribution in [0.3, 0.4) is 0 Å². The second-order valence-corrected chi connectivity index (χ2v) is 5.51. The van der Waals surface area contributed by atoms with Crippen molar-refractivity contribution in [3.05, 3.63) is 11.6 Å². The molecule has 0 amide bonds. The highest BCUT2D eigenvalue weighted by molar-refractivity contribution is 5.87. The molecule has 0 rings (SSSR count). The number of aliphatic hydroxyl groups excluding tert-OH is 1. The molecule has 0 aromatic heterocycles. The van der Waals surface area contributed by atoms with Crippen LogP contribution in [0.1, 0.15) is 13.8 Å². The van der Waals surface area contributed by atoms with Gasteiger partial charge in [-0.15, -0.1) is 0 Å². The SMILES string of the molecule is CC=C(C)C(=O)OCCOCCOCCOCCOCCOCCOCCO. The van der Waals surface area contributed by atoms with Crippen molar-refractivity contribution in [1.29, 1.82) is 0 Å². The van der Waals surface area contributed by atoms with Gasteiger partial charge in [0.05, 0.1) is 85.9 Å². The number of carbonyl (C=O) groups excluding carboxylic acids is 1. The Hall–Kier alpha value is -1.07. The standard InChI is InChI=1S/C19H36O9/c1-3-18(2)19(21)28-17-16-27-15-14-26-13-12-25-11-10-24-9-8-23-7-6-22-5-4-20/h3,20H,4-17H2,1-2H3. The van der Waals surface area contributed by atoms with Gasteiger partial charge in [0.2, 0.25) is 0 Å². The average Bonchev–Trinajstić information content (AvgIpc) is 2.71. The van der Waals surface area contributed by atoms with Crippen LogP contribution in [0.25, 0.3) is 0 Å². The summed E-state index contributed by atoms with van der Waals surface area (Å²) in [7, 11) is 0. The Balaban J connectivity index is 3.10. The fourth-order valence-corrected chi connectivity index (χ4v) is 1.69. The summed E-state index contributed by atoms with van der Waals surface area (Å²) in [5.74, 6) is -0.320. The predicted octanol–water partition coefficient (Wildman–Crippen LogP) is 0.588. The summed E-state index contributed by atoms with van der Waals surface area (Å²) in [5.41, 5.74) is 0.586. The minimum absolute atomic E-state index is 0.0255. The molecule has 0 atom stereocenters. The second-order valence-electron chi connectivity index (χ2n) is 5.51. The number of hydrogen-bond donors (Lipinski definition) is 1. The van der Waals surface area contributed by atoms with Crippen LogP contribution in [0.2, 0.25) is 0 Å². The third kappa shape index (κ3) is 19.7. The van der Waals surface area contributed by atoms with Crippen LogP contribution in [0.4, 0.5) is 0 Å². The Kier molecular flexibility index (Phi) is 21.4. The second kappa shape index (κ2) is 22.2. The van der Waals surface area contributed by atoms with Gasteiger partial charge in [0, 0.05) is 5.57 Å². The molecule has 28 heavy (non-hydrogen) atoms. The smallest absolute Gasteiger partial charge is 0.333 e. The molecule has 0 aromatic rings. The fraction of sp³-hybridized carbons (Fsp3) is 0.842. The molecule has 0 unspecified atom stereocenters. The number of esters is 1. The number of hydrogen-bond acceptors (Lipinski definition) is 9. The molecule has 0 fully saturated rings. The number of aliphatic hydroxyl groups is 1. The Morgan fingerprint density at radius 3 is 1.29 bits per heavy atom. The van der Waals surface area contributed by atoms with Gasteiger partial charge in [0.1, 0.15) is 6.61 Å². The molecule has 0 aliphatic rings. The molecule has 0 radical (unpaired) electrons. The number of ether oxygens (including phenoxy) is 7. The monoisotopic (exact) mass is 408 g/mol. The Bertz CT molecular complexity index is 374. The van der Waals surface area contributed by atoms with Crippen LogP contribution in [0.15, 0.2) is 11.6 Å². The average molecular weight is 408 g/mol. The highest BCUT2D eigenvalue weighted by atomic mass is 16.6. The van der Waals surface area contributed by atoms with E-state index >= 15 is 0 Å². The zero-order chi connectivity index (χ0) is 20.7. The summed E-state index contributed by atoms with van der Waals surface area (Å²) in [6.45, 7) is 9.26. The molecule has 0 aliphatic carbocycles. The summed E-state index contributed by atoms with van der Waals surface area (Å²) in [6, 6.07) is 0. The third-order valence-corrected chi connectivity index (χ3v) is 3.31. The van der Waals surface area contributed by atoms with Crippen LogP contribution in [0, 0.1) is 0 Å². The highest BCUT2D eigenvalue weighted by Gasteiger charge is 2.03. The Morgan fingerprint density at radius 1 is 0.643 bits per heavy atom. The Labute approximate surface area is 167 Å². The molecule has 0 saturated carbocycles. The van der Waals surface area contributed by atoms with E-state index in [0.717, 1.165) is 0 Å². The molecule has 0 aliphatic heterocycles. The first-order valence-corrected chi connectivity index (χ1v) is 9.59. The maximum atomic E-state index is 11.4. The normalized spacial score (nSPS) is 11.8. The maximum Gasteiger partial charge on any atom is 0.333 e. The summed E-state index contributed by atoms with van der Waals surface area (Å²) < 4.78 is 36.7. The molecule has 0 heterocycles. The van der Waals surface area contributed by atoms with E-state index in [9.17, 15) is 4.79 Å². The molecule has 0 saturated heterocycles. The van der Waals surface area contributed by atoms with E-state index in [4.69, 9.17) is 38.3 Å². The van der Waals surface area contributed by atoms with Crippen molar-refractivity contribution in [3.8, 4) is 0 Å². The first kappa shape index (κ1) is 26.9. The number of allylic oxidation sites excluding steroid dienone is 1. The minimum Gasteiger partial charge on any atom is -0.460 e. The van der Waals surface area contributed by atoms with Gasteiger partial charge < -0.3 is 38.3 Å². The van der Waals surface area contributed by atoms with Gasteiger partial charge in [-0.25, -0.2) is 4.79 Å². The maximum absolute atomic E-state index is 11.4. The zero-order valence-corrected chi connectivity index (χ0v) is 17.2. The molecule has 0 bridgehead atoms. The summed E-state index contributed by atoms with van der Waals surface area (Å²) >= 11 is 0. The molecule has 1 N–H and O–H groups in total. The van der Waals surface area contributed by atoms with Crippen molar-refractivity contribution in [2.45, 2.75) is 13.8 Å². The van der Waals surface area contributed by atoms with Gasteiger partial charge in [0.25, 0.3) is 0 Å². The van der Waals surface area contributed by atoms with Crippen LogP contribution >= 0.6 is 0 Å². The van der Waals surface area contributed by atoms with Crippen LogP contribution in [-0.2, 0) is 38.0 Å². The summed E-state index contributed by atoms with van der Waals surface area (Å²) in [5, 5.41) is 8.52. The quantitative estimate of drug-likeness (QED) is 0.166. The Morgan fingerprint density at radius 2 is 0.964 bits per heavy atom. The van der Waals surface area contributed by atoms with Crippen LogP contribution in [-0.4, -0.2) is 104 Å². The summed E-state index contributed by atoms with van der Waals surface area (Å²) in [4.78, 5) is 11.4. The summed E-state index contributed by atoms with van der Waals surface area (Å²) in [6.07, 6.45) is 1.71. The van der Waals surface area contributed by atoms with Crippen molar-refractivity contribution in [2.75, 3.05) is 92.5 Å². The molecular formula is C19H36O9. The van der Waals surface area contributed by atoms with Gasteiger partial charge in [-0.2, -0.15) is 0 Å². The molecule has 0 aromatic carbocycles. The lowest BCUT2D eigenvalue weighted by Crippen LogP contribution is -2.15. The largest absolute Gasteiger partial charge is 0.460 e. The zero-order valence-electron chi connectivity index (χ0n) is 17.2. The van der Waals surface area contributed by atoms with Crippen LogP contribution in [0.5, 0.6) is 0 Å². The van der Waals surface area contributed by atoms with E-state index in [1.165, 1.54) is 0 Å². The minimum atomic E-state index is -0.320. The molecule has 0 spiro atoms. The third-order valence-electron chi connectivity index (χ3n) is 3.31. The predicted molar refractivity (Wildman–Crippen MR) is 102 cm³/mol.